The number of rotatable bonds is 3. The van der Waals surface area contributed by atoms with Gasteiger partial charge < -0.3 is 0 Å². The van der Waals surface area contributed by atoms with Crippen molar-refractivity contribution in [1.82, 2.24) is 0 Å². The van der Waals surface area contributed by atoms with E-state index in [1.165, 1.54) is 11.1 Å². The van der Waals surface area contributed by atoms with Crippen molar-refractivity contribution < 1.29 is 4.79 Å². The highest BCUT2D eigenvalue weighted by molar-refractivity contribution is 5.91. The van der Waals surface area contributed by atoms with Crippen LogP contribution in [0.2, 0.25) is 0 Å². The monoisotopic (exact) mass is 220 g/mol. The van der Waals surface area contributed by atoms with E-state index in [1.54, 1.807) is 0 Å². The van der Waals surface area contributed by atoms with Crippen LogP contribution in [0.25, 0.3) is 0 Å². The maximum Gasteiger partial charge on any atom is 0.156 e. The van der Waals surface area contributed by atoms with Gasteiger partial charge in [0.1, 0.15) is 0 Å². The Morgan fingerprint density at radius 2 is 2.12 bits per heavy atom. The zero-order valence-corrected chi connectivity index (χ0v) is 11.3. The third kappa shape index (κ3) is 3.33. The lowest BCUT2D eigenvalue weighted by molar-refractivity contribution is -0.117. The second-order valence-corrected chi connectivity index (χ2v) is 5.93. The maximum absolute atomic E-state index is 11.5. The SMILES string of the molecule is CC(C)=CCCC1C(C)=CC(=O)CC1(C)C. The van der Waals surface area contributed by atoms with Crippen molar-refractivity contribution in [3.8, 4) is 0 Å². The molecule has 1 nitrogen and oxygen atoms in total. The predicted molar refractivity (Wildman–Crippen MR) is 69.3 cm³/mol. The van der Waals surface area contributed by atoms with Gasteiger partial charge in [-0.3, -0.25) is 4.79 Å². The summed E-state index contributed by atoms with van der Waals surface area (Å²) in [6.45, 7) is 10.8. The number of ketones is 1. The third-order valence-corrected chi connectivity index (χ3v) is 3.52. The minimum Gasteiger partial charge on any atom is -0.295 e. The zero-order valence-electron chi connectivity index (χ0n) is 11.3. The van der Waals surface area contributed by atoms with Gasteiger partial charge in [0.25, 0.3) is 0 Å². The Morgan fingerprint density at radius 3 is 2.62 bits per heavy atom. The Bertz CT molecular complexity index is 327. The molecule has 16 heavy (non-hydrogen) atoms. The quantitative estimate of drug-likeness (QED) is 0.648. The summed E-state index contributed by atoms with van der Waals surface area (Å²) in [6.07, 6.45) is 7.12. The summed E-state index contributed by atoms with van der Waals surface area (Å²) in [5, 5.41) is 0. The van der Waals surface area contributed by atoms with Gasteiger partial charge in [-0.1, -0.05) is 31.1 Å². The molecule has 0 aromatic heterocycles. The minimum atomic E-state index is 0.130. The van der Waals surface area contributed by atoms with Gasteiger partial charge in [-0.15, -0.1) is 0 Å². The van der Waals surface area contributed by atoms with Crippen LogP contribution >= 0.6 is 0 Å². The Balaban J connectivity index is 2.73. The van der Waals surface area contributed by atoms with Crippen molar-refractivity contribution in [1.29, 1.82) is 0 Å². The molecular weight excluding hydrogens is 196 g/mol. The average Bonchev–Trinajstić information content (AvgIpc) is 2.07. The van der Waals surface area contributed by atoms with Crippen LogP contribution < -0.4 is 0 Å². The first-order valence-corrected chi connectivity index (χ1v) is 6.17. The number of hydrogen-bond donors (Lipinski definition) is 0. The van der Waals surface area contributed by atoms with Crippen LogP contribution in [0.15, 0.2) is 23.3 Å². The molecule has 1 aliphatic rings. The van der Waals surface area contributed by atoms with Crippen LogP contribution in [0.3, 0.4) is 0 Å². The van der Waals surface area contributed by atoms with Crippen LogP contribution in [-0.4, -0.2) is 5.78 Å². The van der Waals surface area contributed by atoms with E-state index in [0.717, 1.165) is 12.8 Å². The summed E-state index contributed by atoms with van der Waals surface area (Å²) < 4.78 is 0. The highest BCUT2D eigenvalue weighted by atomic mass is 16.1. The number of hydrogen-bond acceptors (Lipinski definition) is 1. The lowest BCUT2D eigenvalue weighted by atomic mass is 9.66. The predicted octanol–water partition coefficient (Wildman–Crippen LogP) is 4.29. The van der Waals surface area contributed by atoms with Gasteiger partial charge in [0, 0.05) is 6.42 Å². The van der Waals surface area contributed by atoms with Gasteiger partial charge in [0.05, 0.1) is 0 Å². The van der Waals surface area contributed by atoms with Crippen LogP contribution in [0, 0.1) is 11.3 Å². The molecule has 0 aromatic rings. The zero-order chi connectivity index (χ0) is 12.3. The molecule has 0 bridgehead atoms. The molecule has 0 spiro atoms. The fraction of sp³-hybridized carbons (Fsp3) is 0.667. The largest absolute Gasteiger partial charge is 0.295 e. The Labute approximate surface area is 99.6 Å². The van der Waals surface area contributed by atoms with Crippen molar-refractivity contribution in [3.05, 3.63) is 23.3 Å². The van der Waals surface area contributed by atoms with Crippen LogP contribution in [0.5, 0.6) is 0 Å². The van der Waals surface area contributed by atoms with Gasteiger partial charge in [0.15, 0.2) is 5.78 Å². The Hall–Kier alpha value is -0.850. The molecule has 1 aliphatic carbocycles. The maximum atomic E-state index is 11.5. The fourth-order valence-corrected chi connectivity index (χ4v) is 2.75. The summed E-state index contributed by atoms with van der Waals surface area (Å²) >= 11 is 0. The Morgan fingerprint density at radius 1 is 1.50 bits per heavy atom. The summed E-state index contributed by atoms with van der Waals surface area (Å²) in [6, 6.07) is 0. The van der Waals surface area contributed by atoms with E-state index in [-0.39, 0.29) is 5.41 Å². The summed E-state index contributed by atoms with van der Waals surface area (Å²) in [7, 11) is 0. The van der Waals surface area contributed by atoms with Gasteiger partial charge in [0.2, 0.25) is 0 Å². The van der Waals surface area contributed by atoms with Crippen molar-refractivity contribution >= 4 is 5.78 Å². The van der Waals surface area contributed by atoms with E-state index in [0.29, 0.717) is 18.1 Å². The lowest BCUT2D eigenvalue weighted by Crippen LogP contribution is -2.31. The van der Waals surface area contributed by atoms with Crippen LogP contribution in [-0.2, 0) is 4.79 Å². The fourth-order valence-electron chi connectivity index (χ4n) is 2.75. The van der Waals surface area contributed by atoms with Gasteiger partial charge in [-0.2, -0.15) is 0 Å². The highest BCUT2D eigenvalue weighted by Crippen LogP contribution is 2.42. The van der Waals surface area contributed by atoms with E-state index in [2.05, 4.69) is 40.7 Å². The minimum absolute atomic E-state index is 0.130. The molecule has 0 saturated carbocycles. The second kappa shape index (κ2) is 4.99. The highest BCUT2D eigenvalue weighted by Gasteiger charge is 2.35. The number of allylic oxidation sites excluding steroid dienone is 4. The van der Waals surface area contributed by atoms with E-state index in [9.17, 15) is 4.79 Å². The van der Waals surface area contributed by atoms with E-state index < -0.39 is 0 Å². The Kier molecular flexibility index (Phi) is 4.12. The van der Waals surface area contributed by atoms with E-state index >= 15 is 0 Å². The molecule has 90 valence electrons. The van der Waals surface area contributed by atoms with Gasteiger partial charge in [-0.25, -0.2) is 0 Å². The first-order chi connectivity index (χ1) is 7.33. The standard InChI is InChI=1S/C15H24O/c1-11(2)7-6-8-14-12(3)9-13(16)10-15(14,4)5/h7,9,14H,6,8,10H2,1-5H3. The second-order valence-electron chi connectivity index (χ2n) is 5.93. The molecule has 0 radical (unpaired) electrons. The topological polar surface area (TPSA) is 17.1 Å². The first kappa shape index (κ1) is 13.2. The van der Waals surface area contributed by atoms with E-state index in [4.69, 9.17) is 0 Å². The van der Waals surface area contributed by atoms with Gasteiger partial charge in [-0.05, 0) is 51.0 Å². The van der Waals surface area contributed by atoms with E-state index in [1.807, 2.05) is 6.08 Å². The summed E-state index contributed by atoms with van der Waals surface area (Å²) in [5.41, 5.74) is 2.78. The van der Waals surface area contributed by atoms with Crippen molar-refractivity contribution in [2.45, 2.75) is 53.9 Å². The first-order valence-electron chi connectivity index (χ1n) is 6.17. The number of carbonyl (C=O) groups is 1. The van der Waals surface area contributed by atoms with Crippen LogP contribution in [0.4, 0.5) is 0 Å². The van der Waals surface area contributed by atoms with Crippen molar-refractivity contribution in [2.75, 3.05) is 0 Å². The molecule has 1 atom stereocenters. The third-order valence-electron chi connectivity index (χ3n) is 3.52. The molecule has 0 aromatic carbocycles. The molecule has 1 heteroatoms. The lowest BCUT2D eigenvalue weighted by Gasteiger charge is -2.37. The number of carbonyl (C=O) groups excluding carboxylic acids is 1. The molecule has 0 amide bonds. The molecule has 0 heterocycles. The summed E-state index contributed by atoms with van der Waals surface area (Å²) in [5.74, 6) is 0.849. The molecule has 0 fully saturated rings. The normalized spacial score (nSPS) is 23.9. The molecular formula is C15H24O. The molecule has 0 N–H and O–H groups in total. The molecule has 1 rings (SSSR count). The van der Waals surface area contributed by atoms with Gasteiger partial charge >= 0.3 is 0 Å². The molecule has 0 aliphatic heterocycles. The van der Waals surface area contributed by atoms with Crippen molar-refractivity contribution in [3.63, 3.8) is 0 Å². The summed E-state index contributed by atoms with van der Waals surface area (Å²) in [4.78, 5) is 11.5. The van der Waals surface area contributed by atoms with Crippen LogP contribution in [0.1, 0.15) is 53.9 Å². The molecule has 0 saturated heterocycles. The van der Waals surface area contributed by atoms with Crippen molar-refractivity contribution in [2.24, 2.45) is 11.3 Å². The average molecular weight is 220 g/mol. The molecule has 1 unspecified atom stereocenters. The smallest absolute Gasteiger partial charge is 0.156 e.